The molecule has 0 saturated heterocycles. The molecule has 0 aromatic rings. The van der Waals surface area contributed by atoms with Gasteiger partial charge in [0.25, 0.3) is 0 Å². The van der Waals surface area contributed by atoms with Gasteiger partial charge in [-0.3, -0.25) is 9.59 Å². The summed E-state index contributed by atoms with van der Waals surface area (Å²) < 4.78 is 5.11. The van der Waals surface area contributed by atoms with Gasteiger partial charge in [0.15, 0.2) is 11.9 Å². The zero-order valence-corrected chi connectivity index (χ0v) is 9.52. The van der Waals surface area contributed by atoms with Crippen LogP contribution >= 0.6 is 0 Å². The molecule has 0 bridgehead atoms. The monoisotopic (exact) mass is 226 g/mol. The van der Waals surface area contributed by atoms with Crippen LogP contribution in [0.5, 0.6) is 0 Å². The van der Waals surface area contributed by atoms with Crippen molar-refractivity contribution in [3.63, 3.8) is 0 Å². The number of hydrogen-bond acceptors (Lipinski definition) is 4. The number of ether oxygens (including phenoxy) is 1. The lowest BCUT2D eigenvalue weighted by Crippen LogP contribution is -2.37. The minimum Gasteiger partial charge on any atom is -0.459 e. The fourth-order valence-corrected chi connectivity index (χ4v) is 1.64. The first-order valence-electron chi connectivity index (χ1n) is 5.73. The maximum atomic E-state index is 11.5. The Kier molecular flexibility index (Phi) is 5.19. The molecule has 0 aromatic carbocycles. The summed E-state index contributed by atoms with van der Waals surface area (Å²) in [5, 5.41) is 9.73. The van der Waals surface area contributed by atoms with Crippen LogP contribution in [0.15, 0.2) is 12.2 Å². The first-order chi connectivity index (χ1) is 7.65. The van der Waals surface area contributed by atoms with E-state index < -0.39 is 12.2 Å². The second-order valence-corrected chi connectivity index (χ2v) is 3.96. The second-order valence-electron chi connectivity index (χ2n) is 3.96. The molecule has 0 unspecified atom stereocenters. The fraction of sp³-hybridized carbons (Fsp3) is 0.667. The Morgan fingerprint density at radius 2 is 2.25 bits per heavy atom. The van der Waals surface area contributed by atoms with Crippen molar-refractivity contribution in [2.75, 3.05) is 0 Å². The molecule has 1 N–H and O–H groups in total. The number of esters is 1. The molecule has 0 aromatic heterocycles. The number of ketones is 1. The van der Waals surface area contributed by atoms with E-state index in [1.54, 1.807) is 6.08 Å². The van der Waals surface area contributed by atoms with E-state index in [9.17, 15) is 14.7 Å². The number of aliphatic hydroxyl groups is 1. The molecule has 0 amide bonds. The summed E-state index contributed by atoms with van der Waals surface area (Å²) in [6.45, 7) is 1.92. The molecule has 16 heavy (non-hydrogen) atoms. The molecule has 1 aliphatic heterocycles. The highest BCUT2D eigenvalue weighted by Crippen LogP contribution is 2.13. The van der Waals surface area contributed by atoms with E-state index in [0.29, 0.717) is 25.7 Å². The number of cyclic esters (lactones) is 1. The first kappa shape index (κ1) is 12.9. The van der Waals surface area contributed by atoms with E-state index in [1.807, 2.05) is 6.92 Å². The standard InChI is InChI=1S/C12H18O4/c1-2-6-10-12(15)9(13)7-4-3-5-8-11(14)16-10/h4,7,10,12,15H,2-3,5-6,8H2,1H3/b7-4+/t10-,12+/m1/s1. The quantitative estimate of drug-likeness (QED) is 0.722. The van der Waals surface area contributed by atoms with E-state index in [-0.39, 0.29) is 11.8 Å². The predicted octanol–water partition coefficient (Wildman–Crippen LogP) is 1.37. The highest BCUT2D eigenvalue weighted by atomic mass is 16.6. The zero-order chi connectivity index (χ0) is 12.0. The highest BCUT2D eigenvalue weighted by molar-refractivity contribution is 5.94. The number of aliphatic hydroxyl groups excluding tert-OH is 1. The van der Waals surface area contributed by atoms with Crippen LogP contribution in [0.1, 0.15) is 39.0 Å². The average Bonchev–Trinajstić information content (AvgIpc) is 2.26. The number of allylic oxidation sites excluding steroid dienone is 1. The molecule has 0 spiro atoms. The lowest BCUT2D eigenvalue weighted by Gasteiger charge is -2.21. The van der Waals surface area contributed by atoms with Gasteiger partial charge < -0.3 is 9.84 Å². The van der Waals surface area contributed by atoms with Crippen molar-refractivity contribution in [2.45, 2.75) is 51.2 Å². The van der Waals surface area contributed by atoms with Gasteiger partial charge in [-0.15, -0.1) is 0 Å². The van der Waals surface area contributed by atoms with Crippen LogP contribution < -0.4 is 0 Å². The fourth-order valence-electron chi connectivity index (χ4n) is 1.64. The van der Waals surface area contributed by atoms with Gasteiger partial charge in [-0.2, -0.15) is 0 Å². The van der Waals surface area contributed by atoms with Gasteiger partial charge in [0.05, 0.1) is 0 Å². The van der Waals surface area contributed by atoms with Crippen molar-refractivity contribution >= 4 is 11.8 Å². The smallest absolute Gasteiger partial charge is 0.306 e. The Hall–Kier alpha value is -1.16. The van der Waals surface area contributed by atoms with Crippen LogP contribution in [0.3, 0.4) is 0 Å². The van der Waals surface area contributed by atoms with Gasteiger partial charge >= 0.3 is 5.97 Å². The van der Waals surface area contributed by atoms with E-state index >= 15 is 0 Å². The van der Waals surface area contributed by atoms with Crippen LogP contribution in [0.4, 0.5) is 0 Å². The third-order valence-electron chi connectivity index (χ3n) is 2.53. The maximum absolute atomic E-state index is 11.5. The van der Waals surface area contributed by atoms with Gasteiger partial charge in [0.2, 0.25) is 0 Å². The molecule has 2 atom stereocenters. The summed E-state index contributed by atoms with van der Waals surface area (Å²) in [5.74, 6) is -0.714. The maximum Gasteiger partial charge on any atom is 0.306 e. The van der Waals surface area contributed by atoms with E-state index in [1.165, 1.54) is 6.08 Å². The van der Waals surface area contributed by atoms with Crippen LogP contribution in [0.2, 0.25) is 0 Å². The molecular weight excluding hydrogens is 208 g/mol. The van der Waals surface area contributed by atoms with Crippen molar-refractivity contribution in [3.8, 4) is 0 Å². The molecule has 1 aliphatic rings. The number of carbonyl (C=O) groups excluding carboxylic acids is 2. The minimum absolute atomic E-state index is 0.333. The number of rotatable bonds is 2. The summed E-state index contributed by atoms with van der Waals surface area (Å²) in [7, 11) is 0. The summed E-state index contributed by atoms with van der Waals surface area (Å²) in [6.07, 6.45) is 4.10. The van der Waals surface area contributed by atoms with Gasteiger partial charge in [0, 0.05) is 6.42 Å². The Bertz CT molecular complexity index is 283. The third-order valence-corrected chi connectivity index (χ3v) is 2.53. The summed E-state index contributed by atoms with van der Waals surface area (Å²) >= 11 is 0. The molecule has 0 saturated carbocycles. The molecule has 90 valence electrons. The molecule has 0 radical (unpaired) electrons. The average molecular weight is 226 g/mol. The van der Waals surface area contributed by atoms with Crippen molar-refractivity contribution in [3.05, 3.63) is 12.2 Å². The predicted molar refractivity (Wildman–Crippen MR) is 58.8 cm³/mol. The van der Waals surface area contributed by atoms with Crippen LogP contribution in [-0.2, 0) is 14.3 Å². The molecule has 4 nitrogen and oxygen atoms in total. The van der Waals surface area contributed by atoms with Crippen molar-refractivity contribution in [1.82, 2.24) is 0 Å². The molecule has 1 heterocycles. The van der Waals surface area contributed by atoms with Gasteiger partial charge in [0.1, 0.15) is 6.10 Å². The topological polar surface area (TPSA) is 63.6 Å². The second kappa shape index (κ2) is 6.43. The molecule has 0 aliphatic carbocycles. The summed E-state index contributed by atoms with van der Waals surface area (Å²) in [6, 6.07) is 0. The molecular formula is C12H18O4. The van der Waals surface area contributed by atoms with E-state index in [2.05, 4.69) is 0 Å². The Morgan fingerprint density at radius 3 is 2.94 bits per heavy atom. The van der Waals surface area contributed by atoms with E-state index in [4.69, 9.17) is 4.74 Å². The minimum atomic E-state index is -1.22. The normalized spacial score (nSPS) is 29.6. The van der Waals surface area contributed by atoms with E-state index in [0.717, 1.165) is 6.42 Å². The zero-order valence-electron chi connectivity index (χ0n) is 9.52. The Balaban J connectivity index is 2.76. The van der Waals surface area contributed by atoms with Gasteiger partial charge in [-0.05, 0) is 25.3 Å². The third kappa shape index (κ3) is 3.77. The van der Waals surface area contributed by atoms with Gasteiger partial charge in [-0.25, -0.2) is 0 Å². The molecule has 1 rings (SSSR count). The van der Waals surface area contributed by atoms with Crippen molar-refractivity contribution in [2.24, 2.45) is 0 Å². The van der Waals surface area contributed by atoms with Crippen molar-refractivity contribution < 1.29 is 19.4 Å². The lowest BCUT2D eigenvalue weighted by molar-refractivity contribution is -0.157. The Labute approximate surface area is 95.3 Å². The van der Waals surface area contributed by atoms with Gasteiger partial charge in [-0.1, -0.05) is 19.4 Å². The van der Waals surface area contributed by atoms with Crippen LogP contribution in [-0.4, -0.2) is 29.1 Å². The largest absolute Gasteiger partial charge is 0.459 e. The highest BCUT2D eigenvalue weighted by Gasteiger charge is 2.27. The molecule has 0 fully saturated rings. The van der Waals surface area contributed by atoms with Crippen LogP contribution in [0.25, 0.3) is 0 Å². The SMILES string of the molecule is CCC[C@H]1OC(=O)CCC/C=C/C(=O)[C@@H]1O. The Morgan fingerprint density at radius 1 is 1.50 bits per heavy atom. The number of hydrogen-bond donors (Lipinski definition) is 1. The molecule has 4 heteroatoms. The lowest BCUT2D eigenvalue weighted by atomic mass is 10.0. The van der Waals surface area contributed by atoms with Crippen LogP contribution in [0, 0.1) is 0 Å². The van der Waals surface area contributed by atoms with Crippen molar-refractivity contribution in [1.29, 1.82) is 0 Å². The summed E-state index contributed by atoms with van der Waals surface area (Å²) in [4.78, 5) is 22.9. The number of carbonyl (C=O) groups is 2. The first-order valence-corrected chi connectivity index (χ1v) is 5.73. The summed E-state index contributed by atoms with van der Waals surface area (Å²) in [5.41, 5.74) is 0.